The lowest BCUT2D eigenvalue weighted by atomic mass is 10.1. The average molecular weight is 292 g/mol. The van der Waals surface area contributed by atoms with Gasteiger partial charge in [-0.15, -0.1) is 0 Å². The van der Waals surface area contributed by atoms with E-state index in [1.807, 2.05) is 39.0 Å². The Kier molecular flexibility index (Phi) is 4.57. The number of hydrogen-bond acceptors (Lipinski definition) is 3. The number of carbonyl (C=O) groups is 1. The summed E-state index contributed by atoms with van der Waals surface area (Å²) in [5, 5.41) is 7.32. The summed E-state index contributed by atoms with van der Waals surface area (Å²) < 4.78 is 0. The zero-order chi connectivity index (χ0) is 14.7. The maximum Gasteiger partial charge on any atom is 0.238 e. The number of aromatic nitrogens is 1. The molecule has 2 rings (SSSR count). The fourth-order valence-corrected chi connectivity index (χ4v) is 2.30. The molecule has 0 unspecified atom stereocenters. The fourth-order valence-electron chi connectivity index (χ4n) is 1.99. The molecule has 0 radical (unpaired) electrons. The van der Waals surface area contributed by atoms with E-state index < -0.39 is 0 Å². The van der Waals surface area contributed by atoms with Crippen molar-refractivity contribution in [3.8, 4) is 0 Å². The van der Waals surface area contributed by atoms with Gasteiger partial charge in [-0.2, -0.15) is 0 Å². The molecule has 5 heteroatoms. The first-order valence-electron chi connectivity index (χ1n) is 6.56. The monoisotopic (exact) mass is 291 g/mol. The van der Waals surface area contributed by atoms with Gasteiger partial charge in [0.25, 0.3) is 0 Å². The minimum atomic E-state index is -0.116. The van der Waals surface area contributed by atoms with E-state index in [0.29, 0.717) is 10.7 Å². The van der Waals surface area contributed by atoms with Gasteiger partial charge in [0.2, 0.25) is 5.91 Å². The first-order valence-corrected chi connectivity index (χ1v) is 6.94. The molecule has 0 fully saturated rings. The van der Waals surface area contributed by atoms with E-state index in [4.69, 9.17) is 11.6 Å². The molecule has 0 saturated heterocycles. The highest BCUT2D eigenvalue weighted by Gasteiger charge is 2.12. The second-order valence-corrected chi connectivity index (χ2v) is 5.44. The highest BCUT2D eigenvalue weighted by molar-refractivity contribution is 6.35. The van der Waals surface area contributed by atoms with Gasteiger partial charge < -0.3 is 10.6 Å². The van der Waals surface area contributed by atoms with E-state index in [9.17, 15) is 4.79 Å². The number of anilines is 1. The van der Waals surface area contributed by atoms with Gasteiger partial charge >= 0.3 is 0 Å². The van der Waals surface area contributed by atoms with Gasteiger partial charge in [-0.3, -0.25) is 9.78 Å². The summed E-state index contributed by atoms with van der Waals surface area (Å²) in [6.45, 7) is 6.19. The number of halogens is 1. The van der Waals surface area contributed by atoms with Gasteiger partial charge in [0.1, 0.15) is 0 Å². The van der Waals surface area contributed by atoms with Crippen LogP contribution in [0.15, 0.2) is 24.4 Å². The number of aryl methyl sites for hydroxylation is 1. The highest BCUT2D eigenvalue weighted by atomic mass is 35.5. The Hall–Kier alpha value is -1.65. The third-order valence-corrected chi connectivity index (χ3v) is 3.27. The largest absolute Gasteiger partial charge is 0.323 e. The van der Waals surface area contributed by atoms with E-state index in [1.54, 1.807) is 6.20 Å². The van der Waals surface area contributed by atoms with Crippen LogP contribution in [-0.4, -0.2) is 23.5 Å². The third-order valence-electron chi connectivity index (χ3n) is 2.97. The smallest absolute Gasteiger partial charge is 0.238 e. The fraction of sp³-hybridized carbons (Fsp3) is 0.333. The first kappa shape index (κ1) is 14.8. The number of pyridine rings is 1. The quantitative estimate of drug-likeness (QED) is 0.910. The molecule has 2 aromatic rings. The number of carbonyl (C=O) groups excluding carboxylic acids is 1. The lowest BCUT2D eigenvalue weighted by Gasteiger charge is -2.13. The van der Waals surface area contributed by atoms with E-state index in [1.165, 1.54) is 0 Å². The molecule has 0 spiro atoms. The van der Waals surface area contributed by atoms with Gasteiger partial charge in [-0.1, -0.05) is 25.4 Å². The van der Waals surface area contributed by atoms with Gasteiger partial charge in [0.15, 0.2) is 0 Å². The first-order chi connectivity index (χ1) is 9.49. The lowest BCUT2D eigenvalue weighted by molar-refractivity contribution is -0.115. The molecule has 0 aliphatic heterocycles. The van der Waals surface area contributed by atoms with Crippen molar-refractivity contribution in [1.29, 1.82) is 0 Å². The van der Waals surface area contributed by atoms with E-state index in [-0.39, 0.29) is 18.5 Å². The van der Waals surface area contributed by atoms with Crippen molar-refractivity contribution in [3.05, 3.63) is 35.0 Å². The van der Waals surface area contributed by atoms with Crippen LogP contribution in [0.25, 0.3) is 10.9 Å². The number of rotatable bonds is 4. The van der Waals surface area contributed by atoms with Crippen molar-refractivity contribution in [3.63, 3.8) is 0 Å². The van der Waals surface area contributed by atoms with Crippen LogP contribution < -0.4 is 10.6 Å². The van der Waals surface area contributed by atoms with Crippen molar-refractivity contribution < 1.29 is 4.79 Å². The highest BCUT2D eigenvalue weighted by Crippen LogP contribution is 2.32. The molecule has 0 bridgehead atoms. The number of hydrogen-bond donors (Lipinski definition) is 2. The molecule has 4 nitrogen and oxygen atoms in total. The summed E-state index contributed by atoms with van der Waals surface area (Å²) in [6.07, 6.45) is 1.73. The minimum Gasteiger partial charge on any atom is -0.323 e. The normalized spacial score (nSPS) is 11.1. The maximum absolute atomic E-state index is 11.9. The Morgan fingerprint density at radius 3 is 2.90 bits per heavy atom. The third kappa shape index (κ3) is 3.26. The molecule has 1 heterocycles. The van der Waals surface area contributed by atoms with Crippen molar-refractivity contribution in [2.45, 2.75) is 26.8 Å². The zero-order valence-electron chi connectivity index (χ0n) is 11.8. The molecule has 1 amide bonds. The molecule has 106 valence electrons. The lowest BCUT2D eigenvalue weighted by Crippen LogP contribution is -2.32. The topological polar surface area (TPSA) is 54.0 Å². The van der Waals surface area contributed by atoms with Crippen LogP contribution in [0.4, 0.5) is 5.69 Å². The summed E-state index contributed by atoms with van der Waals surface area (Å²) in [6, 6.07) is 5.82. The van der Waals surface area contributed by atoms with E-state index in [2.05, 4.69) is 15.6 Å². The van der Waals surface area contributed by atoms with Gasteiger partial charge in [-0.25, -0.2) is 0 Å². The van der Waals surface area contributed by atoms with Crippen molar-refractivity contribution in [2.75, 3.05) is 11.9 Å². The van der Waals surface area contributed by atoms with Gasteiger partial charge in [0.05, 0.1) is 22.8 Å². The van der Waals surface area contributed by atoms with Crippen molar-refractivity contribution >= 4 is 34.1 Å². The molecule has 2 N–H and O–H groups in total. The second-order valence-electron chi connectivity index (χ2n) is 5.03. The van der Waals surface area contributed by atoms with E-state index >= 15 is 0 Å². The summed E-state index contributed by atoms with van der Waals surface area (Å²) in [7, 11) is 0. The summed E-state index contributed by atoms with van der Waals surface area (Å²) in [4.78, 5) is 16.3. The second kappa shape index (κ2) is 6.20. The van der Waals surface area contributed by atoms with Crippen LogP contribution in [-0.2, 0) is 4.79 Å². The number of nitrogens with zero attached hydrogens (tertiary/aromatic N) is 1. The summed E-state index contributed by atoms with van der Waals surface area (Å²) in [5.41, 5.74) is 2.46. The molecule has 0 aliphatic rings. The van der Waals surface area contributed by atoms with Crippen LogP contribution in [0, 0.1) is 6.92 Å². The summed E-state index contributed by atoms with van der Waals surface area (Å²) in [5.74, 6) is -0.116. The van der Waals surface area contributed by atoms with Crippen LogP contribution in [0.1, 0.15) is 19.4 Å². The molecule has 0 saturated carbocycles. The average Bonchev–Trinajstić information content (AvgIpc) is 2.41. The van der Waals surface area contributed by atoms with Gasteiger partial charge in [0, 0.05) is 17.6 Å². The molecule has 0 aliphatic carbocycles. The number of benzene rings is 1. The molecule has 1 aromatic heterocycles. The Morgan fingerprint density at radius 1 is 1.45 bits per heavy atom. The SMILES string of the molecule is Cc1cc(Cl)c(NC(=O)CNC(C)C)c2cccnc12. The molecule has 1 aromatic carbocycles. The minimum absolute atomic E-state index is 0.116. The number of amides is 1. The van der Waals surface area contributed by atoms with Crippen LogP contribution >= 0.6 is 11.6 Å². The summed E-state index contributed by atoms with van der Waals surface area (Å²) >= 11 is 6.25. The van der Waals surface area contributed by atoms with Crippen LogP contribution in [0.5, 0.6) is 0 Å². The molecular formula is C15H18ClN3O. The zero-order valence-corrected chi connectivity index (χ0v) is 12.6. The van der Waals surface area contributed by atoms with E-state index in [0.717, 1.165) is 16.5 Å². The van der Waals surface area contributed by atoms with Gasteiger partial charge in [-0.05, 0) is 30.7 Å². The predicted molar refractivity (Wildman–Crippen MR) is 83.3 cm³/mol. The van der Waals surface area contributed by atoms with Crippen molar-refractivity contribution in [1.82, 2.24) is 10.3 Å². The predicted octanol–water partition coefficient (Wildman–Crippen LogP) is 3.13. The Morgan fingerprint density at radius 2 is 2.20 bits per heavy atom. The standard InChI is InChI=1S/C15H18ClN3O/c1-9(2)18-8-13(20)19-15-11-5-4-6-17-14(11)10(3)7-12(15)16/h4-7,9,18H,8H2,1-3H3,(H,19,20). The molecule has 20 heavy (non-hydrogen) atoms. The Labute approximate surface area is 123 Å². The Balaban J connectivity index is 2.32. The van der Waals surface area contributed by atoms with Crippen LogP contribution in [0.3, 0.4) is 0 Å². The molecule has 0 atom stereocenters. The maximum atomic E-state index is 11.9. The number of fused-ring (bicyclic) bond motifs is 1. The van der Waals surface area contributed by atoms with Crippen LogP contribution in [0.2, 0.25) is 5.02 Å². The van der Waals surface area contributed by atoms with Crippen molar-refractivity contribution in [2.24, 2.45) is 0 Å². The molecular weight excluding hydrogens is 274 g/mol. The number of nitrogens with one attached hydrogen (secondary N) is 2. The Bertz CT molecular complexity index is 640.